The molecule has 5 nitrogen and oxygen atoms in total. The Balaban J connectivity index is 1.36. The summed E-state index contributed by atoms with van der Waals surface area (Å²) in [6.07, 6.45) is 2.32. The minimum Gasteiger partial charge on any atom is -0.487 e. The van der Waals surface area contributed by atoms with E-state index in [9.17, 15) is 19.1 Å². The molecule has 0 bridgehead atoms. The molecule has 0 unspecified atom stereocenters. The Labute approximate surface area is 215 Å². The molecular formula is C29H29ClFNO4. The number of hydrogen-bond donors (Lipinski definition) is 1. The zero-order valence-electron chi connectivity index (χ0n) is 20.2. The molecule has 0 fully saturated rings. The molecule has 0 saturated carbocycles. The number of carboxylic acids is 1. The Morgan fingerprint density at radius 1 is 1.06 bits per heavy atom. The fraction of sp³-hybridized carbons (Fsp3) is 0.310. The number of amides is 1. The molecule has 0 saturated heterocycles. The summed E-state index contributed by atoms with van der Waals surface area (Å²) in [6.45, 7) is 1.94. The molecule has 0 spiro atoms. The summed E-state index contributed by atoms with van der Waals surface area (Å²) in [4.78, 5) is 25.6. The van der Waals surface area contributed by atoms with Gasteiger partial charge in [0.15, 0.2) is 0 Å². The largest absolute Gasteiger partial charge is 0.487 e. The highest BCUT2D eigenvalue weighted by atomic mass is 35.5. The van der Waals surface area contributed by atoms with Crippen LogP contribution in [0.1, 0.15) is 35.6 Å². The highest BCUT2D eigenvalue weighted by Gasteiger charge is 2.35. The van der Waals surface area contributed by atoms with Crippen LogP contribution < -0.4 is 4.74 Å². The smallest absolute Gasteiger partial charge is 0.323 e. The number of rotatable bonds is 10. The van der Waals surface area contributed by atoms with Gasteiger partial charge in [-0.2, -0.15) is 0 Å². The Morgan fingerprint density at radius 3 is 2.58 bits per heavy atom. The number of nitrogens with zero attached hydrogens (tertiary/aromatic N) is 1. The van der Waals surface area contributed by atoms with Crippen LogP contribution in [0.3, 0.4) is 0 Å². The number of carboxylic acid groups (broad SMARTS) is 1. The van der Waals surface area contributed by atoms with Crippen molar-refractivity contribution in [3.8, 4) is 5.75 Å². The minimum atomic E-state index is -1.04. The van der Waals surface area contributed by atoms with Crippen LogP contribution in [0.4, 0.5) is 4.39 Å². The SMILES string of the molecule is C[C@@]1(Cc2ccccc2F)Cc2cc(CCC(=O)N(CCc3cccc(Cl)c3)CC(=O)O)ccc2O1. The first-order valence-electron chi connectivity index (χ1n) is 12.0. The summed E-state index contributed by atoms with van der Waals surface area (Å²) in [6, 6.07) is 19.9. The summed E-state index contributed by atoms with van der Waals surface area (Å²) in [7, 11) is 0. The van der Waals surface area contributed by atoms with Crippen molar-refractivity contribution in [3.05, 3.63) is 99.8 Å². The van der Waals surface area contributed by atoms with E-state index in [2.05, 4.69) is 0 Å². The average molecular weight is 510 g/mol. The minimum absolute atomic E-state index is 0.203. The van der Waals surface area contributed by atoms with E-state index in [0.29, 0.717) is 42.8 Å². The summed E-state index contributed by atoms with van der Waals surface area (Å²) in [5.74, 6) is -0.712. The summed E-state index contributed by atoms with van der Waals surface area (Å²) in [5.41, 5.74) is 3.03. The van der Waals surface area contributed by atoms with Crippen LogP contribution in [0.15, 0.2) is 66.7 Å². The van der Waals surface area contributed by atoms with Crippen LogP contribution in [0.25, 0.3) is 0 Å². The number of fused-ring (bicyclic) bond motifs is 1. The number of hydrogen-bond acceptors (Lipinski definition) is 3. The lowest BCUT2D eigenvalue weighted by Crippen LogP contribution is -2.37. The predicted octanol–water partition coefficient (Wildman–Crippen LogP) is 5.50. The van der Waals surface area contributed by atoms with Crippen LogP contribution in [-0.4, -0.2) is 40.6 Å². The van der Waals surface area contributed by atoms with Gasteiger partial charge in [0.2, 0.25) is 5.91 Å². The molecule has 1 N–H and O–H groups in total. The second kappa shape index (κ2) is 11.1. The van der Waals surface area contributed by atoms with Crippen molar-refractivity contribution in [3.63, 3.8) is 0 Å². The van der Waals surface area contributed by atoms with Crippen LogP contribution >= 0.6 is 11.6 Å². The third-order valence-corrected chi connectivity index (χ3v) is 6.67. The fourth-order valence-electron chi connectivity index (χ4n) is 4.69. The Hall–Kier alpha value is -3.38. The van der Waals surface area contributed by atoms with Gasteiger partial charge in [-0.15, -0.1) is 0 Å². The van der Waals surface area contributed by atoms with Crippen LogP contribution in [-0.2, 0) is 35.3 Å². The standard InChI is InChI=1S/C29H29ClFNO4/c1-29(17-22-6-2-3-8-25(22)31)18-23-15-21(9-11-26(23)36-29)10-12-27(33)32(19-28(34)35)14-13-20-5-4-7-24(30)16-20/h2-9,11,15-16H,10,12-14,17-19H2,1H3,(H,34,35)/t29-/m1/s1. The molecule has 3 aromatic rings. The molecule has 0 aliphatic carbocycles. The summed E-state index contributed by atoms with van der Waals surface area (Å²) >= 11 is 6.03. The number of carbonyl (C=O) groups is 2. The lowest BCUT2D eigenvalue weighted by molar-refractivity contribution is -0.144. The second-order valence-corrected chi connectivity index (χ2v) is 9.96. The molecule has 0 radical (unpaired) electrons. The third-order valence-electron chi connectivity index (χ3n) is 6.43. The van der Waals surface area contributed by atoms with Gasteiger partial charge in [-0.3, -0.25) is 9.59 Å². The first kappa shape index (κ1) is 25.7. The number of halogens is 2. The third kappa shape index (κ3) is 6.64. The molecule has 1 heterocycles. The highest BCUT2D eigenvalue weighted by molar-refractivity contribution is 6.30. The van der Waals surface area contributed by atoms with E-state index in [-0.39, 0.29) is 24.7 Å². The molecule has 7 heteroatoms. The molecule has 36 heavy (non-hydrogen) atoms. The van der Waals surface area contributed by atoms with Crippen LogP contribution in [0, 0.1) is 5.82 Å². The van der Waals surface area contributed by atoms with Crippen molar-refractivity contribution in [2.75, 3.05) is 13.1 Å². The number of aliphatic carboxylic acids is 1. The maximum atomic E-state index is 14.2. The van der Waals surface area contributed by atoms with E-state index in [1.807, 2.05) is 49.4 Å². The van der Waals surface area contributed by atoms with Crippen molar-refractivity contribution < 1.29 is 23.8 Å². The molecule has 1 aliphatic rings. The molecule has 1 amide bonds. The summed E-state index contributed by atoms with van der Waals surface area (Å²) in [5, 5.41) is 9.89. The van der Waals surface area contributed by atoms with Crippen molar-refractivity contribution in [1.29, 1.82) is 0 Å². The molecule has 1 aliphatic heterocycles. The van der Waals surface area contributed by atoms with Gasteiger partial charge in [-0.1, -0.05) is 54.1 Å². The van der Waals surface area contributed by atoms with Gasteiger partial charge >= 0.3 is 5.97 Å². The summed E-state index contributed by atoms with van der Waals surface area (Å²) < 4.78 is 20.3. The van der Waals surface area contributed by atoms with Gasteiger partial charge in [-0.05, 0) is 66.3 Å². The van der Waals surface area contributed by atoms with Crippen molar-refractivity contribution in [2.24, 2.45) is 0 Å². The molecule has 0 aromatic heterocycles. The lowest BCUT2D eigenvalue weighted by atomic mass is 9.91. The van der Waals surface area contributed by atoms with Crippen molar-refractivity contribution >= 4 is 23.5 Å². The Kier molecular flexibility index (Phi) is 7.94. The molecular weight excluding hydrogens is 481 g/mol. The topological polar surface area (TPSA) is 66.8 Å². The first-order valence-corrected chi connectivity index (χ1v) is 12.4. The van der Waals surface area contributed by atoms with Crippen LogP contribution in [0.5, 0.6) is 5.75 Å². The van der Waals surface area contributed by atoms with Crippen molar-refractivity contribution in [2.45, 2.75) is 44.6 Å². The number of benzene rings is 3. The van der Waals surface area contributed by atoms with Gasteiger partial charge < -0.3 is 14.7 Å². The molecule has 1 atom stereocenters. The van der Waals surface area contributed by atoms with Gasteiger partial charge in [0.05, 0.1) is 0 Å². The fourth-order valence-corrected chi connectivity index (χ4v) is 4.91. The van der Waals surface area contributed by atoms with Crippen molar-refractivity contribution in [1.82, 2.24) is 4.90 Å². The van der Waals surface area contributed by atoms with E-state index >= 15 is 0 Å². The second-order valence-electron chi connectivity index (χ2n) is 9.53. The van der Waals surface area contributed by atoms with Gasteiger partial charge in [0, 0.05) is 30.8 Å². The highest BCUT2D eigenvalue weighted by Crippen LogP contribution is 2.38. The van der Waals surface area contributed by atoms with E-state index in [1.54, 1.807) is 18.2 Å². The number of ether oxygens (including phenoxy) is 1. The molecule has 188 valence electrons. The maximum Gasteiger partial charge on any atom is 0.323 e. The lowest BCUT2D eigenvalue weighted by Gasteiger charge is -2.24. The van der Waals surface area contributed by atoms with Gasteiger partial charge in [-0.25, -0.2) is 4.39 Å². The van der Waals surface area contributed by atoms with E-state index in [4.69, 9.17) is 16.3 Å². The molecule has 3 aromatic carbocycles. The quantitative estimate of drug-likeness (QED) is 0.391. The molecule has 4 rings (SSSR count). The van der Waals surface area contributed by atoms with E-state index in [1.165, 1.54) is 11.0 Å². The van der Waals surface area contributed by atoms with Crippen LogP contribution in [0.2, 0.25) is 5.02 Å². The van der Waals surface area contributed by atoms with E-state index in [0.717, 1.165) is 22.4 Å². The zero-order valence-corrected chi connectivity index (χ0v) is 20.9. The Bertz CT molecular complexity index is 1260. The predicted molar refractivity (Wildman–Crippen MR) is 137 cm³/mol. The average Bonchev–Trinajstić information content (AvgIpc) is 3.16. The van der Waals surface area contributed by atoms with E-state index < -0.39 is 11.6 Å². The van der Waals surface area contributed by atoms with Gasteiger partial charge in [0.25, 0.3) is 0 Å². The van der Waals surface area contributed by atoms with Gasteiger partial charge in [0.1, 0.15) is 23.7 Å². The first-order chi connectivity index (χ1) is 17.2. The monoisotopic (exact) mass is 509 g/mol. The normalized spacial score (nSPS) is 16.3. The maximum absolute atomic E-state index is 14.2. The Morgan fingerprint density at radius 2 is 1.83 bits per heavy atom. The zero-order chi connectivity index (χ0) is 25.7. The number of aryl methyl sites for hydroxylation is 1. The number of carbonyl (C=O) groups excluding carboxylic acids is 1.